The Labute approximate surface area is 178 Å². The number of nitrogens with zero attached hydrogens (tertiary/aromatic N) is 3. The van der Waals surface area contributed by atoms with Gasteiger partial charge in [-0.2, -0.15) is 4.98 Å². The van der Waals surface area contributed by atoms with E-state index < -0.39 is 11.7 Å². The number of hydrogen-bond donors (Lipinski definition) is 3. The number of aromatic nitrogens is 3. The lowest BCUT2D eigenvalue weighted by molar-refractivity contribution is 0.100. The number of carbonyl (C=O) groups excluding carboxylic acids is 1. The predicted molar refractivity (Wildman–Crippen MR) is 118 cm³/mol. The number of halogens is 1. The molecule has 1 aliphatic rings. The van der Waals surface area contributed by atoms with Gasteiger partial charge in [0.05, 0.1) is 22.5 Å². The number of rotatable bonds is 5. The fraction of sp³-hybridized carbons (Fsp3) is 0.174. The fourth-order valence-electron chi connectivity index (χ4n) is 4.05. The third kappa shape index (κ3) is 3.35. The topological polar surface area (TPSA) is 97.9 Å². The minimum atomic E-state index is -0.675. The number of amides is 1. The highest BCUT2D eigenvalue weighted by Crippen LogP contribution is 2.32. The number of nitrogens with two attached hydrogens (primary N) is 1. The molecular formula is C23H21FN6O. The van der Waals surface area contributed by atoms with Crippen LogP contribution in [0.5, 0.6) is 0 Å². The van der Waals surface area contributed by atoms with Gasteiger partial charge >= 0.3 is 0 Å². The van der Waals surface area contributed by atoms with Gasteiger partial charge in [-0.25, -0.2) is 9.37 Å². The lowest BCUT2D eigenvalue weighted by Crippen LogP contribution is -2.12. The first-order valence-electron chi connectivity index (χ1n) is 10.1. The summed E-state index contributed by atoms with van der Waals surface area (Å²) in [5.41, 5.74) is 9.82. The standard InChI is InChI=1S/C23H21FN6O/c1-13-9-16-17(21(25)31)10-15(24)11-19(16)30(13)23-28-18-7-8-26-20(18)22(29-23)27-12-14-5-3-2-4-6-14/h2-6,9-11,26H,7-8,12H2,1H3,(H2,25,31)(H,27,28,29). The molecule has 156 valence electrons. The average Bonchev–Trinajstić information content (AvgIpc) is 3.35. The van der Waals surface area contributed by atoms with Gasteiger partial charge in [-0.15, -0.1) is 0 Å². The van der Waals surface area contributed by atoms with E-state index in [9.17, 15) is 9.18 Å². The Balaban J connectivity index is 1.63. The maximum absolute atomic E-state index is 14.3. The summed E-state index contributed by atoms with van der Waals surface area (Å²) in [7, 11) is 0. The molecule has 4 aromatic rings. The van der Waals surface area contributed by atoms with Crippen LogP contribution in [0, 0.1) is 12.7 Å². The van der Waals surface area contributed by atoms with Crippen molar-refractivity contribution in [2.45, 2.75) is 19.9 Å². The second-order valence-corrected chi connectivity index (χ2v) is 7.58. The van der Waals surface area contributed by atoms with Crippen LogP contribution in [0.15, 0.2) is 48.5 Å². The van der Waals surface area contributed by atoms with Crippen molar-refractivity contribution < 1.29 is 9.18 Å². The minimum Gasteiger partial charge on any atom is -0.380 e. The Morgan fingerprint density at radius 2 is 2.03 bits per heavy atom. The summed E-state index contributed by atoms with van der Waals surface area (Å²) >= 11 is 0. The zero-order valence-electron chi connectivity index (χ0n) is 16.9. The number of fused-ring (bicyclic) bond motifs is 2. The van der Waals surface area contributed by atoms with E-state index in [2.05, 4.69) is 10.6 Å². The lowest BCUT2D eigenvalue weighted by Gasteiger charge is -2.14. The second kappa shape index (κ2) is 7.39. The summed E-state index contributed by atoms with van der Waals surface area (Å²) in [6.07, 6.45) is 0.768. The van der Waals surface area contributed by atoms with Gasteiger partial charge in [0.25, 0.3) is 0 Å². The smallest absolute Gasteiger partial charge is 0.249 e. The van der Waals surface area contributed by atoms with Crippen LogP contribution >= 0.6 is 0 Å². The van der Waals surface area contributed by atoms with Crippen LogP contribution in [0.2, 0.25) is 0 Å². The Morgan fingerprint density at radius 3 is 2.81 bits per heavy atom. The van der Waals surface area contributed by atoms with E-state index in [4.69, 9.17) is 15.7 Å². The van der Waals surface area contributed by atoms with E-state index in [1.54, 1.807) is 10.6 Å². The molecule has 8 heteroatoms. The summed E-state index contributed by atoms with van der Waals surface area (Å²) < 4.78 is 16.0. The monoisotopic (exact) mass is 416 g/mol. The Morgan fingerprint density at radius 1 is 1.23 bits per heavy atom. The lowest BCUT2D eigenvalue weighted by atomic mass is 10.1. The van der Waals surface area contributed by atoms with Gasteiger partial charge in [-0.3, -0.25) is 9.36 Å². The highest BCUT2D eigenvalue weighted by molar-refractivity contribution is 6.06. The first-order chi connectivity index (χ1) is 15.0. The Bertz CT molecular complexity index is 1320. The molecule has 1 aliphatic heterocycles. The first kappa shape index (κ1) is 19.0. The number of anilines is 2. The summed E-state index contributed by atoms with van der Waals surface area (Å²) in [5, 5.41) is 7.32. The van der Waals surface area contributed by atoms with Crippen molar-refractivity contribution in [2.24, 2.45) is 5.73 Å². The van der Waals surface area contributed by atoms with Gasteiger partial charge in [-0.05, 0) is 30.7 Å². The first-order valence-corrected chi connectivity index (χ1v) is 10.1. The molecule has 2 aromatic heterocycles. The van der Waals surface area contributed by atoms with Crippen LogP contribution in [-0.4, -0.2) is 27.0 Å². The van der Waals surface area contributed by atoms with Gasteiger partial charge in [-0.1, -0.05) is 30.3 Å². The molecule has 0 fully saturated rings. The van der Waals surface area contributed by atoms with Crippen molar-refractivity contribution in [1.29, 1.82) is 0 Å². The van der Waals surface area contributed by atoms with Crippen molar-refractivity contribution in [2.75, 3.05) is 17.2 Å². The zero-order chi connectivity index (χ0) is 21.5. The van der Waals surface area contributed by atoms with Crippen LogP contribution in [0.25, 0.3) is 16.9 Å². The third-order valence-corrected chi connectivity index (χ3v) is 5.47. The number of nitrogens with one attached hydrogen (secondary N) is 2. The molecule has 2 aromatic carbocycles. The maximum Gasteiger partial charge on any atom is 0.249 e. The number of carbonyl (C=O) groups is 1. The molecule has 5 rings (SSSR count). The summed E-state index contributed by atoms with van der Waals surface area (Å²) in [6, 6.07) is 14.4. The molecule has 0 bridgehead atoms. The van der Waals surface area contributed by atoms with Gasteiger partial charge < -0.3 is 16.4 Å². The van der Waals surface area contributed by atoms with Gasteiger partial charge in [0.2, 0.25) is 11.9 Å². The molecule has 0 saturated heterocycles. The van der Waals surface area contributed by atoms with Crippen LogP contribution in [0.3, 0.4) is 0 Å². The van der Waals surface area contributed by atoms with Crippen LogP contribution in [0.4, 0.5) is 15.9 Å². The maximum atomic E-state index is 14.3. The van der Waals surface area contributed by atoms with E-state index in [-0.39, 0.29) is 5.56 Å². The number of aryl methyl sites for hydroxylation is 1. The molecular weight excluding hydrogens is 395 g/mol. The highest BCUT2D eigenvalue weighted by Gasteiger charge is 2.22. The van der Waals surface area contributed by atoms with Crippen molar-refractivity contribution in [1.82, 2.24) is 14.5 Å². The zero-order valence-corrected chi connectivity index (χ0v) is 16.9. The van der Waals surface area contributed by atoms with E-state index in [0.29, 0.717) is 29.2 Å². The van der Waals surface area contributed by atoms with E-state index >= 15 is 0 Å². The number of hydrogen-bond acceptors (Lipinski definition) is 5. The largest absolute Gasteiger partial charge is 0.380 e. The Hall–Kier alpha value is -3.94. The van der Waals surface area contributed by atoms with E-state index in [0.717, 1.165) is 41.7 Å². The summed E-state index contributed by atoms with van der Waals surface area (Å²) in [4.78, 5) is 21.3. The molecule has 4 N–H and O–H groups in total. The molecule has 0 saturated carbocycles. The average molecular weight is 416 g/mol. The molecule has 7 nitrogen and oxygen atoms in total. The van der Waals surface area contributed by atoms with Crippen molar-refractivity contribution in [3.8, 4) is 5.95 Å². The molecule has 0 radical (unpaired) electrons. The summed E-state index contributed by atoms with van der Waals surface area (Å²) in [5.74, 6) is -0.0995. The number of primary amides is 1. The van der Waals surface area contributed by atoms with Crippen molar-refractivity contribution in [3.63, 3.8) is 0 Å². The second-order valence-electron chi connectivity index (χ2n) is 7.58. The van der Waals surface area contributed by atoms with Gasteiger partial charge in [0.15, 0.2) is 5.82 Å². The van der Waals surface area contributed by atoms with Crippen LogP contribution in [-0.2, 0) is 13.0 Å². The predicted octanol–water partition coefficient (Wildman–Crippen LogP) is 3.55. The summed E-state index contributed by atoms with van der Waals surface area (Å²) in [6.45, 7) is 3.26. The van der Waals surface area contributed by atoms with Crippen LogP contribution in [0.1, 0.15) is 27.3 Å². The van der Waals surface area contributed by atoms with Gasteiger partial charge in [0.1, 0.15) is 5.82 Å². The molecule has 0 unspecified atom stereocenters. The third-order valence-electron chi connectivity index (χ3n) is 5.47. The molecule has 3 heterocycles. The van der Waals surface area contributed by atoms with E-state index in [1.165, 1.54) is 6.07 Å². The van der Waals surface area contributed by atoms with E-state index in [1.807, 2.05) is 37.3 Å². The molecule has 1 amide bonds. The normalized spacial score (nSPS) is 12.6. The van der Waals surface area contributed by atoms with Crippen LogP contribution < -0.4 is 16.4 Å². The fourth-order valence-corrected chi connectivity index (χ4v) is 4.05. The van der Waals surface area contributed by atoms with Crippen molar-refractivity contribution in [3.05, 3.63) is 76.9 Å². The van der Waals surface area contributed by atoms with Gasteiger partial charge in [0, 0.05) is 30.6 Å². The minimum absolute atomic E-state index is 0.141. The molecule has 31 heavy (non-hydrogen) atoms. The SMILES string of the molecule is Cc1cc2c(C(N)=O)cc(F)cc2n1-c1nc2c(c(NCc3ccccc3)n1)NCC2. The number of benzene rings is 2. The quantitative estimate of drug-likeness (QED) is 0.462. The molecule has 0 aliphatic carbocycles. The van der Waals surface area contributed by atoms with Crippen molar-refractivity contribution >= 4 is 28.3 Å². The Kier molecular flexibility index (Phi) is 4.54. The highest BCUT2D eigenvalue weighted by atomic mass is 19.1. The molecule has 0 spiro atoms. The molecule has 0 atom stereocenters.